The van der Waals surface area contributed by atoms with E-state index < -0.39 is 41.1 Å². The molecule has 1 saturated heterocycles. The van der Waals surface area contributed by atoms with Gasteiger partial charge in [0.05, 0.1) is 29.4 Å². The van der Waals surface area contributed by atoms with Gasteiger partial charge in [0.1, 0.15) is 12.3 Å². The molecular formula is C31H39F6N5O4. The van der Waals surface area contributed by atoms with Gasteiger partial charge in [-0.3, -0.25) is 14.4 Å². The zero-order chi connectivity index (χ0) is 35.5. The molecule has 2 atom stereocenters. The molecule has 0 radical (unpaired) electrons. The number of para-hydroxylation sites is 1. The van der Waals surface area contributed by atoms with Gasteiger partial charge in [0, 0.05) is 25.2 Å². The fourth-order valence-corrected chi connectivity index (χ4v) is 3.56. The third kappa shape index (κ3) is 15.5. The summed E-state index contributed by atoms with van der Waals surface area (Å²) in [6.07, 6.45) is -6.41. The first-order valence-corrected chi connectivity index (χ1v) is 14.0. The summed E-state index contributed by atoms with van der Waals surface area (Å²) in [4.78, 5) is 46.3. The van der Waals surface area contributed by atoms with Crippen molar-refractivity contribution in [3.05, 3.63) is 59.7 Å². The number of hydrogen-bond donors (Lipinski definition) is 2. The van der Waals surface area contributed by atoms with Gasteiger partial charge in [-0.15, -0.1) is 0 Å². The molecule has 15 heteroatoms. The number of alkyl halides is 6. The third-order valence-electron chi connectivity index (χ3n) is 6.03. The Bertz CT molecular complexity index is 1280. The monoisotopic (exact) mass is 659 g/mol. The Balaban J connectivity index is 0.000000661. The second kappa shape index (κ2) is 20.6. The van der Waals surface area contributed by atoms with Crippen molar-refractivity contribution >= 4 is 35.8 Å². The maximum atomic E-state index is 12.6. The average molecular weight is 660 g/mol. The van der Waals surface area contributed by atoms with Crippen LogP contribution in [-0.4, -0.2) is 74.5 Å². The summed E-state index contributed by atoms with van der Waals surface area (Å²) in [7, 11) is 5.51. The van der Waals surface area contributed by atoms with Gasteiger partial charge in [-0.05, 0) is 50.8 Å². The third-order valence-corrected chi connectivity index (χ3v) is 6.03. The van der Waals surface area contributed by atoms with Gasteiger partial charge in [0.25, 0.3) is 5.91 Å². The quantitative estimate of drug-likeness (QED) is 0.216. The van der Waals surface area contributed by atoms with E-state index in [4.69, 9.17) is 5.26 Å². The van der Waals surface area contributed by atoms with E-state index in [1.165, 1.54) is 17.7 Å². The standard InChI is InChI=1S/C10H5F6NO2.C10H15N3O2.C7H9N.C4H10/c11-9(12,13)5-1-2-7(17-8(19)4-18)6(3-5)10(14,15)16;1-12(2)6-10(15)13-5-8(7-14)3-9(13)4-11;1-8-7-5-3-2-4-6-7;1-3-4-2/h1-4H,(H,17,19);7-9H,3,5-6H2,1-2H3;2-6,8H,1H3;3-4H2,1-2H3. The first kappa shape index (κ1) is 41.5. The van der Waals surface area contributed by atoms with Gasteiger partial charge in [-0.1, -0.05) is 44.9 Å². The highest BCUT2D eigenvalue weighted by Crippen LogP contribution is 2.39. The summed E-state index contributed by atoms with van der Waals surface area (Å²) < 4.78 is 74.6. The Morgan fingerprint density at radius 3 is 1.98 bits per heavy atom. The molecule has 2 aromatic rings. The van der Waals surface area contributed by atoms with Crippen molar-refractivity contribution in [1.29, 1.82) is 5.26 Å². The molecule has 0 spiro atoms. The zero-order valence-corrected chi connectivity index (χ0v) is 26.2. The van der Waals surface area contributed by atoms with Gasteiger partial charge < -0.3 is 25.2 Å². The van der Waals surface area contributed by atoms with Crippen LogP contribution in [0.25, 0.3) is 0 Å². The number of amides is 2. The molecule has 0 saturated carbocycles. The van der Waals surface area contributed by atoms with E-state index >= 15 is 0 Å². The minimum atomic E-state index is -5.10. The molecule has 254 valence electrons. The molecule has 1 fully saturated rings. The maximum Gasteiger partial charge on any atom is 0.418 e. The van der Waals surface area contributed by atoms with Crippen molar-refractivity contribution in [3.63, 3.8) is 0 Å². The molecule has 2 aromatic carbocycles. The number of rotatable bonds is 7. The van der Waals surface area contributed by atoms with E-state index in [2.05, 4.69) is 25.2 Å². The Labute approximate surface area is 264 Å². The molecule has 2 amide bonds. The molecule has 0 bridgehead atoms. The summed E-state index contributed by atoms with van der Waals surface area (Å²) >= 11 is 0. The lowest BCUT2D eigenvalue weighted by Crippen LogP contribution is -2.40. The smallest absolute Gasteiger partial charge is 0.388 e. The fraction of sp³-hybridized carbons (Fsp3) is 0.452. The van der Waals surface area contributed by atoms with E-state index in [1.54, 1.807) is 24.3 Å². The summed E-state index contributed by atoms with van der Waals surface area (Å²) in [6, 6.07) is 12.4. The predicted molar refractivity (Wildman–Crippen MR) is 162 cm³/mol. The highest BCUT2D eigenvalue weighted by molar-refractivity contribution is 6.29. The first-order chi connectivity index (χ1) is 21.5. The van der Waals surface area contributed by atoms with Crippen molar-refractivity contribution in [2.45, 2.75) is 51.5 Å². The number of aldehydes is 2. The van der Waals surface area contributed by atoms with Crippen LogP contribution in [0.15, 0.2) is 48.5 Å². The minimum absolute atomic E-state index is 0.0871. The second-order valence-electron chi connectivity index (χ2n) is 10.0. The number of hydrogen-bond acceptors (Lipinski definition) is 7. The SMILES string of the molecule is CCCC.CN(C)CC(=O)N1CC(C=O)CC1C#N.CNc1ccccc1.O=CC(=O)Nc1ccc(C(F)(F)F)cc1C(F)(F)F. The van der Waals surface area contributed by atoms with Crippen molar-refractivity contribution in [2.24, 2.45) is 5.92 Å². The summed E-state index contributed by atoms with van der Waals surface area (Å²) in [6.45, 7) is 5.03. The van der Waals surface area contributed by atoms with E-state index in [0.29, 0.717) is 25.1 Å². The molecule has 0 aliphatic carbocycles. The zero-order valence-electron chi connectivity index (χ0n) is 26.2. The highest BCUT2D eigenvalue weighted by Gasteiger charge is 2.38. The van der Waals surface area contributed by atoms with Crippen LogP contribution in [0.2, 0.25) is 0 Å². The Kier molecular flexibility index (Phi) is 18.6. The normalized spacial score (nSPS) is 15.4. The van der Waals surface area contributed by atoms with Crippen molar-refractivity contribution in [1.82, 2.24) is 9.80 Å². The van der Waals surface area contributed by atoms with Crippen LogP contribution in [0.1, 0.15) is 44.2 Å². The van der Waals surface area contributed by atoms with Crippen LogP contribution in [0.4, 0.5) is 37.7 Å². The number of nitrogens with zero attached hydrogens (tertiary/aromatic N) is 3. The summed E-state index contributed by atoms with van der Waals surface area (Å²) in [5.41, 5.74) is -2.95. The number of likely N-dealkylation sites (tertiary alicyclic amines) is 1. The predicted octanol–water partition coefficient (Wildman–Crippen LogP) is 5.88. The van der Waals surface area contributed by atoms with Gasteiger partial charge in [0.15, 0.2) is 0 Å². The molecule has 2 unspecified atom stereocenters. The summed E-state index contributed by atoms with van der Waals surface area (Å²) in [5, 5.41) is 13.4. The Morgan fingerprint density at radius 1 is 1.00 bits per heavy atom. The largest absolute Gasteiger partial charge is 0.418 e. The molecule has 1 aliphatic rings. The van der Waals surface area contributed by atoms with Crippen molar-refractivity contribution < 1.29 is 45.5 Å². The van der Waals surface area contributed by atoms with Gasteiger partial charge in [0.2, 0.25) is 12.2 Å². The van der Waals surface area contributed by atoms with Gasteiger partial charge in [-0.2, -0.15) is 31.6 Å². The number of nitrogens with one attached hydrogen (secondary N) is 2. The molecule has 9 nitrogen and oxygen atoms in total. The number of carbonyl (C=O) groups is 4. The van der Waals surface area contributed by atoms with Crippen molar-refractivity contribution in [2.75, 3.05) is 44.9 Å². The first-order valence-electron chi connectivity index (χ1n) is 14.0. The number of benzene rings is 2. The van der Waals surface area contributed by atoms with E-state index in [-0.39, 0.29) is 30.7 Å². The lowest BCUT2D eigenvalue weighted by atomic mass is 10.1. The van der Waals surface area contributed by atoms with Crippen molar-refractivity contribution in [3.8, 4) is 6.07 Å². The maximum absolute atomic E-state index is 12.6. The molecule has 46 heavy (non-hydrogen) atoms. The number of carbonyl (C=O) groups excluding carboxylic acids is 4. The minimum Gasteiger partial charge on any atom is -0.388 e. The molecule has 1 aliphatic heterocycles. The second-order valence-corrected chi connectivity index (χ2v) is 10.0. The van der Waals surface area contributed by atoms with Crippen LogP contribution in [0, 0.1) is 17.2 Å². The van der Waals surface area contributed by atoms with Gasteiger partial charge >= 0.3 is 12.4 Å². The average Bonchev–Trinajstić information content (AvgIpc) is 3.45. The van der Waals surface area contributed by atoms with Crippen LogP contribution in [0.5, 0.6) is 0 Å². The van der Waals surface area contributed by atoms with Gasteiger partial charge in [-0.25, -0.2) is 0 Å². The highest BCUT2D eigenvalue weighted by atomic mass is 19.4. The van der Waals surface area contributed by atoms with E-state index in [9.17, 15) is 45.5 Å². The van der Waals surface area contributed by atoms with Crippen LogP contribution in [-0.2, 0) is 31.5 Å². The lowest BCUT2D eigenvalue weighted by molar-refractivity contribution is -0.142. The molecular weight excluding hydrogens is 620 g/mol. The van der Waals surface area contributed by atoms with Crippen LogP contribution >= 0.6 is 0 Å². The number of anilines is 2. The lowest BCUT2D eigenvalue weighted by Gasteiger charge is -2.21. The topological polar surface area (TPSA) is 123 Å². The number of nitriles is 1. The number of halogens is 6. The molecule has 2 N–H and O–H groups in total. The van der Waals surface area contributed by atoms with Crippen LogP contribution in [0.3, 0.4) is 0 Å². The summed E-state index contributed by atoms with van der Waals surface area (Å²) in [5.74, 6) is -1.66. The van der Waals surface area contributed by atoms with Crippen LogP contribution < -0.4 is 10.6 Å². The number of unbranched alkanes of at least 4 members (excludes halogenated alkanes) is 1. The Morgan fingerprint density at radius 2 is 1.59 bits per heavy atom. The molecule has 0 aromatic heterocycles. The number of likely N-dealkylation sites (N-methyl/N-ethyl adjacent to an activating group) is 1. The molecule has 1 heterocycles. The fourth-order valence-electron chi connectivity index (χ4n) is 3.56. The van der Waals surface area contributed by atoms with E-state index in [0.717, 1.165) is 12.0 Å². The molecule has 3 rings (SSSR count). The van der Waals surface area contributed by atoms with E-state index in [1.807, 2.05) is 37.4 Å². The Hall–Kier alpha value is -4.45.